The molecular formula is C20H26N6S2. The minimum absolute atomic E-state index is 0.681. The minimum Gasteiger partial charge on any atom is -0.354 e. The lowest BCUT2D eigenvalue weighted by Crippen LogP contribution is -2.46. The van der Waals surface area contributed by atoms with E-state index in [0.29, 0.717) is 5.95 Å². The summed E-state index contributed by atoms with van der Waals surface area (Å²) in [6.45, 7) is 10.1. The average Bonchev–Trinajstić information content (AvgIpc) is 3.46. The third-order valence-corrected chi connectivity index (χ3v) is 6.57. The standard InChI is InChI=1S/C20H26N6S2/c1-2-25-8-10-26(11-9-25)7-3-5-22-20-23-14-17(16-4-12-27-15-16)18(24-20)19-21-6-13-28-19/h4,6,12-15H,2-3,5,7-11H2,1H3,(H,22,23,24). The zero-order chi connectivity index (χ0) is 19.2. The molecule has 0 radical (unpaired) electrons. The maximum atomic E-state index is 4.79. The molecule has 1 aliphatic heterocycles. The number of hydrogen-bond acceptors (Lipinski definition) is 8. The lowest BCUT2D eigenvalue weighted by molar-refractivity contribution is 0.137. The molecule has 0 atom stereocenters. The Labute approximate surface area is 174 Å². The average molecular weight is 415 g/mol. The second kappa shape index (κ2) is 9.56. The van der Waals surface area contributed by atoms with E-state index in [9.17, 15) is 0 Å². The predicted molar refractivity (Wildman–Crippen MR) is 118 cm³/mol. The SMILES string of the molecule is CCN1CCN(CCCNc2ncc(-c3ccsc3)c(-c3nccs3)n2)CC1. The van der Waals surface area contributed by atoms with Gasteiger partial charge in [-0.2, -0.15) is 11.3 Å². The van der Waals surface area contributed by atoms with Gasteiger partial charge >= 0.3 is 0 Å². The van der Waals surface area contributed by atoms with Crippen molar-refractivity contribution in [2.45, 2.75) is 13.3 Å². The Hall–Kier alpha value is -1.87. The van der Waals surface area contributed by atoms with Crippen LogP contribution in [0.3, 0.4) is 0 Å². The molecule has 3 aromatic rings. The fourth-order valence-electron chi connectivity index (χ4n) is 3.43. The van der Waals surface area contributed by atoms with Crippen LogP contribution in [0.15, 0.2) is 34.6 Å². The fourth-order valence-corrected chi connectivity index (χ4v) is 4.73. The molecule has 1 saturated heterocycles. The number of piperazine rings is 1. The predicted octanol–water partition coefficient (Wildman–Crippen LogP) is 3.77. The van der Waals surface area contributed by atoms with Crippen LogP contribution in [0.2, 0.25) is 0 Å². The van der Waals surface area contributed by atoms with Crippen LogP contribution in [0.4, 0.5) is 5.95 Å². The van der Waals surface area contributed by atoms with Crippen LogP contribution in [0.5, 0.6) is 0 Å². The third-order valence-electron chi connectivity index (χ3n) is 5.10. The zero-order valence-electron chi connectivity index (χ0n) is 16.2. The first kappa shape index (κ1) is 19.4. The van der Waals surface area contributed by atoms with Gasteiger partial charge in [0.2, 0.25) is 5.95 Å². The smallest absolute Gasteiger partial charge is 0.223 e. The van der Waals surface area contributed by atoms with Crippen molar-refractivity contribution in [1.29, 1.82) is 0 Å². The van der Waals surface area contributed by atoms with Crippen molar-refractivity contribution in [2.75, 3.05) is 51.1 Å². The Balaban J connectivity index is 1.36. The molecule has 1 N–H and O–H groups in total. The van der Waals surface area contributed by atoms with Gasteiger partial charge < -0.3 is 15.1 Å². The zero-order valence-corrected chi connectivity index (χ0v) is 17.8. The van der Waals surface area contributed by atoms with Crippen LogP contribution in [0, 0.1) is 0 Å². The highest BCUT2D eigenvalue weighted by Crippen LogP contribution is 2.32. The molecule has 0 amide bonds. The summed E-state index contributed by atoms with van der Waals surface area (Å²) in [5, 5.41) is 10.5. The van der Waals surface area contributed by atoms with Gasteiger partial charge in [0.05, 0.1) is 0 Å². The number of rotatable bonds is 8. The molecule has 0 aliphatic carbocycles. The van der Waals surface area contributed by atoms with E-state index >= 15 is 0 Å². The molecule has 3 aromatic heterocycles. The summed E-state index contributed by atoms with van der Waals surface area (Å²) in [6, 6.07) is 2.10. The minimum atomic E-state index is 0.681. The summed E-state index contributed by atoms with van der Waals surface area (Å²) in [6.07, 6.45) is 4.83. The van der Waals surface area contributed by atoms with E-state index in [2.05, 4.69) is 48.8 Å². The summed E-state index contributed by atoms with van der Waals surface area (Å²) in [5.74, 6) is 0.681. The maximum Gasteiger partial charge on any atom is 0.223 e. The highest BCUT2D eigenvalue weighted by Gasteiger charge is 2.16. The molecule has 1 fully saturated rings. The molecule has 4 heterocycles. The number of thiophene rings is 1. The summed E-state index contributed by atoms with van der Waals surface area (Å²) in [4.78, 5) is 18.9. The van der Waals surface area contributed by atoms with Gasteiger partial charge in [0.15, 0.2) is 0 Å². The molecule has 0 saturated carbocycles. The van der Waals surface area contributed by atoms with Crippen molar-refractivity contribution in [3.63, 3.8) is 0 Å². The van der Waals surface area contributed by atoms with Gasteiger partial charge in [0.25, 0.3) is 0 Å². The summed E-state index contributed by atoms with van der Waals surface area (Å²) < 4.78 is 0. The molecule has 8 heteroatoms. The number of aromatic nitrogens is 3. The number of anilines is 1. The lowest BCUT2D eigenvalue weighted by Gasteiger charge is -2.33. The number of hydrogen-bond donors (Lipinski definition) is 1. The van der Waals surface area contributed by atoms with Crippen molar-refractivity contribution in [3.8, 4) is 21.8 Å². The Morgan fingerprint density at radius 1 is 1.11 bits per heavy atom. The first-order valence-electron chi connectivity index (χ1n) is 9.81. The normalized spacial score (nSPS) is 15.8. The summed E-state index contributed by atoms with van der Waals surface area (Å²) in [7, 11) is 0. The molecule has 0 bridgehead atoms. The van der Waals surface area contributed by atoms with Crippen LogP contribution in [0.1, 0.15) is 13.3 Å². The van der Waals surface area contributed by atoms with E-state index in [1.807, 2.05) is 17.8 Å². The Morgan fingerprint density at radius 3 is 2.68 bits per heavy atom. The van der Waals surface area contributed by atoms with Gasteiger partial charge in [-0.25, -0.2) is 15.0 Å². The number of thiazole rings is 1. The first-order chi connectivity index (χ1) is 13.8. The lowest BCUT2D eigenvalue weighted by atomic mass is 10.1. The monoisotopic (exact) mass is 414 g/mol. The van der Waals surface area contributed by atoms with Crippen molar-refractivity contribution >= 4 is 28.6 Å². The van der Waals surface area contributed by atoms with Gasteiger partial charge in [-0.3, -0.25) is 0 Å². The highest BCUT2D eigenvalue weighted by atomic mass is 32.1. The topological polar surface area (TPSA) is 57.2 Å². The van der Waals surface area contributed by atoms with Crippen molar-refractivity contribution < 1.29 is 0 Å². The van der Waals surface area contributed by atoms with Gasteiger partial charge in [-0.05, 0) is 41.9 Å². The molecule has 0 unspecified atom stereocenters. The highest BCUT2D eigenvalue weighted by molar-refractivity contribution is 7.13. The van der Waals surface area contributed by atoms with Gasteiger partial charge in [-0.15, -0.1) is 11.3 Å². The van der Waals surface area contributed by atoms with Crippen molar-refractivity contribution in [2.24, 2.45) is 0 Å². The molecule has 148 valence electrons. The quantitative estimate of drug-likeness (QED) is 0.566. The summed E-state index contributed by atoms with van der Waals surface area (Å²) in [5.41, 5.74) is 3.09. The molecule has 0 aromatic carbocycles. The molecular weight excluding hydrogens is 388 g/mol. The molecule has 0 spiro atoms. The van der Waals surface area contributed by atoms with Crippen LogP contribution in [-0.4, -0.2) is 70.6 Å². The molecule has 4 rings (SSSR count). The van der Waals surface area contributed by atoms with E-state index in [1.165, 1.54) is 26.2 Å². The second-order valence-electron chi connectivity index (χ2n) is 6.86. The van der Waals surface area contributed by atoms with Crippen LogP contribution in [-0.2, 0) is 0 Å². The van der Waals surface area contributed by atoms with Crippen LogP contribution < -0.4 is 5.32 Å². The van der Waals surface area contributed by atoms with Crippen LogP contribution >= 0.6 is 22.7 Å². The maximum absolute atomic E-state index is 4.79. The van der Waals surface area contributed by atoms with E-state index < -0.39 is 0 Å². The van der Waals surface area contributed by atoms with Gasteiger partial charge in [-0.1, -0.05) is 6.92 Å². The van der Waals surface area contributed by atoms with E-state index in [-0.39, 0.29) is 0 Å². The molecule has 28 heavy (non-hydrogen) atoms. The Bertz CT molecular complexity index is 842. The Morgan fingerprint density at radius 2 is 1.96 bits per heavy atom. The Kier molecular flexibility index (Phi) is 6.64. The number of nitrogens with one attached hydrogen (secondary N) is 1. The summed E-state index contributed by atoms with van der Waals surface area (Å²) >= 11 is 3.29. The number of likely N-dealkylation sites (N-methyl/N-ethyl adjacent to an activating group) is 1. The van der Waals surface area contributed by atoms with E-state index in [1.54, 1.807) is 22.7 Å². The fraction of sp³-hybridized carbons (Fsp3) is 0.450. The molecule has 1 aliphatic rings. The van der Waals surface area contributed by atoms with E-state index in [4.69, 9.17) is 4.98 Å². The van der Waals surface area contributed by atoms with Crippen molar-refractivity contribution in [3.05, 3.63) is 34.6 Å². The first-order valence-corrected chi connectivity index (χ1v) is 11.6. The van der Waals surface area contributed by atoms with Crippen molar-refractivity contribution in [1.82, 2.24) is 24.8 Å². The third kappa shape index (κ3) is 4.75. The largest absolute Gasteiger partial charge is 0.354 e. The molecule has 6 nitrogen and oxygen atoms in total. The second-order valence-corrected chi connectivity index (χ2v) is 8.54. The van der Waals surface area contributed by atoms with E-state index in [0.717, 1.165) is 47.9 Å². The van der Waals surface area contributed by atoms with Crippen LogP contribution in [0.25, 0.3) is 21.8 Å². The number of nitrogens with zero attached hydrogens (tertiary/aromatic N) is 5. The van der Waals surface area contributed by atoms with Gasteiger partial charge in [0, 0.05) is 56.1 Å². The van der Waals surface area contributed by atoms with Gasteiger partial charge in [0.1, 0.15) is 10.7 Å².